The lowest BCUT2D eigenvalue weighted by molar-refractivity contribution is -0.945. The van der Waals surface area contributed by atoms with Crippen LogP contribution in [0.1, 0.15) is 40.2 Å². The summed E-state index contributed by atoms with van der Waals surface area (Å²) in [4.78, 5) is 22.4. The van der Waals surface area contributed by atoms with Gasteiger partial charge in [-0.25, -0.2) is 4.98 Å². The first-order valence-electron chi connectivity index (χ1n) is 11.0. The maximum Gasteiger partial charge on any atom is 0.284 e. The number of hydrogen-bond donors (Lipinski definition) is 2. The molecule has 0 saturated carbocycles. The molecule has 1 unspecified atom stereocenters. The molecule has 1 fully saturated rings. The number of benzene rings is 1. The number of ketones is 1. The van der Waals surface area contributed by atoms with Gasteiger partial charge in [-0.3, -0.25) is 9.69 Å². The summed E-state index contributed by atoms with van der Waals surface area (Å²) < 4.78 is 5.59. The minimum Gasteiger partial charge on any atom is -0.397 e. The third-order valence-electron chi connectivity index (χ3n) is 6.98. The quantitative estimate of drug-likeness (QED) is 0.574. The molecule has 32 heavy (non-hydrogen) atoms. The van der Waals surface area contributed by atoms with Crippen LogP contribution in [0.4, 0.5) is 11.5 Å². The van der Waals surface area contributed by atoms with Crippen molar-refractivity contribution in [2.75, 3.05) is 44.0 Å². The number of nitrogens with zero attached hydrogens (tertiary/aromatic N) is 1. The average Bonchev–Trinajstić information content (AvgIpc) is 3.11. The molecule has 2 aromatic heterocycles. The number of quaternary nitrogens is 1. The Hall–Kier alpha value is -2.19. The number of thiophene rings is 1. The van der Waals surface area contributed by atoms with Gasteiger partial charge in [-0.05, 0) is 43.7 Å². The molecule has 2 aliphatic heterocycles. The van der Waals surface area contributed by atoms with Crippen molar-refractivity contribution in [1.82, 2.24) is 0 Å². The van der Waals surface area contributed by atoms with Crippen LogP contribution in [-0.4, -0.2) is 44.7 Å². The van der Waals surface area contributed by atoms with Gasteiger partial charge in [0.1, 0.15) is 24.5 Å². The molecular formula is C24H29ClN4O2S+2. The molecule has 1 saturated heterocycles. The van der Waals surface area contributed by atoms with E-state index >= 15 is 0 Å². The molecule has 0 amide bonds. The number of carbonyl (C=O) groups is 1. The van der Waals surface area contributed by atoms with E-state index in [4.69, 9.17) is 22.1 Å². The third kappa shape index (κ3) is 3.57. The van der Waals surface area contributed by atoms with E-state index in [9.17, 15) is 4.79 Å². The zero-order valence-corrected chi connectivity index (χ0v) is 20.3. The van der Waals surface area contributed by atoms with E-state index in [1.54, 1.807) is 24.3 Å². The lowest BCUT2D eigenvalue weighted by Gasteiger charge is -2.38. The van der Waals surface area contributed by atoms with E-state index in [0.717, 1.165) is 55.3 Å². The number of likely N-dealkylation sites (N-methyl/N-ethyl adjacent to an activating group) is 1. The highest BCUT2D eigenvalue weighted by atomic mass is 35.5. The molecule has 3 aromatic rings. The van der Waals surface area contributed by atoms with E-state index in [1.165, 1.54) is 27.4 Å². The van der Waals surface area contributed by atoms with Crippen LogP contribution in [-0.2, 0) is 17.7 Å². The number of morpholine rings is 1. The number of nitrogens with two attached hydrogens (primary N) is 1. The zero-order chi connectivity index (χ0) is 22.6. The van der Waals surface area contributed by atoms with Gasteiger partial charge in [-0.2, -0.15) is 0 Å². The fourth-order valence-corrected chi connectivity index (χ4v) is 5.98. The molecule has 1 aromatic carbocycles. The highest BCUT2D eigenvalue weighted by Gasteiger charge is 2.41. The summed E-state index contributed by atoms with van der Waals surface area (Å²) in [5.74, 6) is 1.09. The van der Waals surface area contributed by atoms with E-state index in [1.807, 2.05) is 0 Å². The smallest absolute Gasteiger partial charge is 0.284 e. The third-order valence-corrected chi connectivity index (χ3v) is 8.36. The second kappa shape index (κ2) is 7.99. The number of rotatable bonds is 3. The SMILES string of the molecule is C[NH+]1Cc2c(N3CCOCC3)[nH+]c3sc(C(=O)c4ccc(Cl)cc4)c(N)c3c2CC1(C)C. The molecule has 5 rings (SSSR count). The van der Waals surface area contributed by atoms with Crippen LogP contribution in [0.3, 0.4) is 0 Å². The number of pyridine rings is 1. The van der Waals surface area contributed by atoms with Crippen LogP contribution in [0.25, 0.3) is 10.2 Å². The maximum atomic E-state index is 13.3. The fourth-order valence-electron chi connectivity index (χ4n) is 4.75. The Morgan fingerprint density at radius 2 is 1.91 bits per heavy atom. The minimum absolute atomic E-state index is 0.0618. The maximum absolute atomic E-state index is 13.3. The Labute approximate surface area is 196 Å². The lowest BCUT2D eigenvalue weighted by atomic mass is 9.84. The summed E-state index contributed by atoms with van der Waals surface area (Å²) in [6, 6.07) is 7.00. The number of aromatic nitrogens is 1. The lowest BCUT2D eigenvalue weighted by Crippen LogP contribution is -3.16. The minimum atomic E-state index is -0.0618. The summed E-state index contributed by atoms with van der Waals surface area (Å²) >= 11 is 7.47. The Morgan fingerprint density at radius 3 is 2.59 bits per heavy atom. The largest absolute Gasteiger partial charge is 0.397 e. The van der Waals surface area contributed by atoms with Crippen molar-refractivity contribution in [3.8, 4) is 0 Å². The van der Waals surface area contributed by atoms with Gasteiger partial charge in [0.25, 0.3) is 5.82 Å². The summed E-state index contributed by atoms with van der Waals surface area (Å²) in [5.41, 5.74) is 10.5. The standard InChI is InChI=1S/C24H27ClN4O2S/c1-24(2)12-16-17(13-28(24)3)22(29-8-10-31-11-9-29)27-23-18(16)19(26)21(32-23)20(30)14-4-6-15(25)7-5-14/h4-7H,8-13,26H2,1-3H3/p+2. The highest BCUT2D eigenvalue weighted by Crippen LogP contribution is 2.40. The first-order valence-corrected chi connectivity index (χ1v) is 12.2. The zero-order valence-electron chi connectivity index (χ0n) is 18.7. The molecule has 8 heteroatoms. The van der Waals surface area contributed by atoms with Crippen LogP contribution in [0.5, 0.6) is 0 Å². The molecule has 0 bridgehead atoms. The molecule has 4 N–H and O–H groups in total. The van der Waals surface area contributed by atoms with Crippen molar-refractivity contribution >= 4 is 50.4 Å². The van der Waals surface area contributed by atoms with Gasteiger partial charge in [0.05, 0.1) is 42.4 Å². The van der Waals surface area contributed by atoms with Gasteiger partial charge < -0.3 is 15.4 Å². The van der Waals surface area contributed by atoms with Gasteiger partial charge in [0.2, 0.25) is 5.78 Å². The van der Waals surface area contributed by atoms with E-state index in [2.05, 4.69) is 30.8 Å². The summed E-state index contributed by atoms with van der Waals surface area (Å²) in [7, 11) is 2.25. The summed E-state index contributed by atoms with van der Waals surface area (Å²) in [6.45, 7) is 8.67. The molecule has 2 aliphatic rings. The number of nitrogen functional groups attached to an aromatic ring is 1. The molecule has 6 nitrogen and oxygen atoms in total. The number of halogens is 1. The second-order valence-electron chi connectivity index (χ2n) is 9.43. The van der Waals surface area contributed by atoms with Crippen LogP contribution in [0, 0.1) is 0 Å². The average molecular weight is 473 g/mol. The van der Waals surface area contributed by atoms with Crippen molar-refractivity contribution in [2.24, 2.45) is 0 Å². The topological polar surface area (TPSA) is 74.1 Å². The number of aromatic amines is 1. The molecule has 0 radical (unpaired) electrons. The van der Waals surface area contributed by atoms with E-state index in [-0.39, 0.29) is 11.3 Å². The van der Waals surface area contributed by atoms with Gasteiger partial charge >= 0.3 is 0 Å². The summed E-state index contributed by atoms with van der Waals surface area (Å²) in [6.07, 6.45) is 0.909. The van der Waals surface area contributed by atoms with Crippen molar-refractivity contribution in [3.05, 3.63) is 50.9 Å². The highest BCUT2D eigenvalue weighted by molar-refractivity contribution is 7.21. The molecule has 0 aliphatic carbocycles. The number of anilines is 2. The van der Waals surface area contributed by atoms with Crippen molar-refractivity contribution in [3.63, 3.8) is 0 Å². The Bertz CT molecular complexity index is 1200. The molecule has 168 valence electrons. The van der Waals surface area contributed by atoms with E-state index in [0.29, 0.717) is 21.2 Å². The monoisotopic (exact) mass is 472 g/mol. The predicted molar refractivity (Wildman–Crippen MR) is 129 cm³/mol. The van der Waals surface area contributed by atoms with Crippen LogP contribution >= 0.6 is 22.9 Å². The first-order chi connectivity index (χ1) is 15.3. The second-order valence-corrected chi connectivity index (χ2v) is 10.9. The Morgan fingerprint density at radius 1 is 1.22 bits per heavy atom. The number of nitrogens with one attached hydrogen (secondary N) is 2. The van der Waals surface area contributed by atoms with Gasteiger partial charge in [0.15, 0.2) is 4.83 Å². The first kappa shape index (κ1) is 21.6. The number of ether oxygens (including phenoxy) is 1. The van der Waals surface area contributed by atoms with Gasteiger partial charge in [-0.1, -0.05) is 22.9 Å². The predicted octanol–water partition coefficient (Wildman–Crippen LogP) is 2.37. The Kier molecular flexibility index (Phi) is 5.40. The Balaban J connectivity index is 1.70. The van der Waals surface area contributed by atoms with Gasteiger partial charge in [-0.15, -0.1) is 0 Å². The summed E-state index contributed by atoms with van der Waals surface area (Å²) in [5, 5.41) is 1.62. The molecule has 4 heterocycles. The number of hydrogen-bond acceptors (Lipinski definition) is 5. The fraction of sp³-hybridized carbons (Fsp3) is 0.417. The van der Waals surface area contributed by atoms with Gasteiger partial charge in [0, 0.05) is 17.0 Å². The van der Waals surface area contributed by atoms with Crippen LogP contribution in [0.2, 0.25) is 5.02 Å². The van der Waals surface area contributed by atoms with Crippen LogP contribution < -0.4 is 20.5 Å². The number of fused-ring (bicyclic) bond motifs is 3. The number of H-pyrrole nitrogens is 1. The normalized spacial score (nSPS) is 20.4. The van der Waals surface area contributed by atoms with E-state index < -0.39 is 0 Å². The van der Waals surface area contributed by atoms with Crippen LogP contribution in [0.15, 0.2) is 24.3 Å². The number of carbonyl (C=O) groups excluding carboxylic acids is 1. The van der Waals surface area contributed by atoms with Crippen molar-refractivity contribution < 1.29 is 19.4 Å². The van der Waals surface area contributed by atoms with Crippen molar-refractivity contribution in [1.29, 1.82) is 0 Å². The molecule has 1 atom stereocenters. The molecule has 0 spiro atoms. The molecular weight excluding hydrogens is 444 g/mol. The van der Waals surface area contributed by atoms with Crippen molar-refractivity contribution in [2.45, 2.75) is 32.4 Å².